The molecule has 5 heteroatoms. The van der Waals surface area contributed by atoms with Gasteiger partial charge in [-0.05, 0) is 27.2 Å². The van der Waals surface area contributed by atoms with Crippen molar-refractivity contribution in [3.05, 3.63) is 11.6 Å². The molecule has 1 aliphatic carbocycles. The summed E-state index contributed by atoms with van der Waals surface area (Å²) in [4.78, 5) is 11.4. The van der Waals surface area contributed by atoms with E-state index in [1.807, 2.05) is 0 Å². The monoisotopic (exact) mass is 244 g/mol. The lowest BCUT2D eigenvalue weighted by Gasteiger charge is -2.31. The van der Waals surface area contributed by atoms with E-state index < -0.39 is 24.0 Å². The summed E-state index contributed by atoms with van der Waals surface area (Å²) in [5.41, 5.74) is 0.468. The Morgan fingerprint density at radius 3 is 2.71 bits per heavy atom. The summed E-state index contributed by atoms with van der Waals surface area (Å²) in [7, 11) is 0. The zero-order valence-electron chi connectivity index (χ0n) is 10.5. The maximum atomic E-state index is 11.4. The lowest BCUT2D eigenvalue weighted by Crippen LogP contribution is -2.40. The molecule has 0 heterocycles. The van der Waals surface area contributed by atoms with E-state index in [0.717, 1.165) is 0 Å². The van der Waals surface area contributed by atoms with E-state index in [2.05, 4.69) is 0 Å². The van der Waals surface area contributed by atoms with Gasteiger partial charge in [-0.1, -0.05) is 6.08 Å². The lowest BCUT2D eigenvalue weighted by atomic mass is 9.94. The number of aliphatic hydroxyl groups excluding tert-OH is 1. The molecule has 98 valence electrons. The topological polar surface area (TPSA) is 76.0 Å². The molecule has 2 N–H and O–H groups in total. The number of esters is 1. The molecule has 0 aromatic rings. The predicted octanol–water partition coefficient (Wildman–Crippen LogP) is 0.744. The lowest BCUT2D eigenvalue weighted by molar-refractivity contribution is -0.225. The molecule has 1 aliphatic rings. The minimum Gasteiger partial charge on any atom is -0.463 e. The van der Waals surface area contributed by atoms with E-state index in [4.69, 9.17) is 9.47 Å². The van der Waals surface area contributed by atoms with Gasteiger partial charge in [0.25, 0.3) is 0 Å². The van der Waals surface area contributed by atoms with E-state index in [-0.39, 0.29) is 6.42 Å². The first kappa shape index (κ1) is 14.2. The van der Waals surface area contributed by atoms with Crippen molar-refractivity contribution in [3.8, 4) is 0 Å². The molecule has 0 bridgehead atoms. The number of ether oxygens (including phenoxy) is 2. The molecule has 0 aliphatic heterocycles. The minimum atomic E-state index is -1.29. The third kappa shape index (κ3) is 4.46. The Balaban J connectivity index is 2.60. The van der Waals surface area contributed by atoms with E-state index in [1.165, 1.54) is 13.8 Å². The highest BCUT2D eigenvalue weighted by molar-refractivity contribution is 5.88. The van der Waals surface area contributed by atoms with Crippen LogP contribution in [0, 0.1) is 0 Å². The largest absolute Gasteiger partial charge is 0.463 e. The van der Waals surface area contributed by atoms with Crippen LogP contribution in [0.25, 0.3) is 0 Å². The molecule has 0 aromatic carbocycles. The van der Waals surface area contributed by atoms with E-state index in [0.29, 0.717) is 18.6 Å². The second-order valence-electron chi connectivity index (χ2n) is 4.56. The van der Waals surface area contributed by atoms with E-state index in [9.17, 15) is 15.0 Å². The average Bonchev–Trinajstić information content (AvgIpc) is 2.19. The first-order valence-electron chi connectivity index (χ1n) is 5.78. The van der Waals surface area contributed by atoms with Crippen molar-refractivity contribution in [2.24, 2.45) is 0 Å². The zero-order chi connectivity index (χ0) is 13.1. The van der Waals surface area contributed by atoms with Crippen LogP contribution in [-0.4, -0.2) is 40.8 Å². The molecule has 1 rings (SSSR count). The minimum absolute atomic E-state index is 0.194. The molecule has 5 nitrogen and oxygen atoms in total. The maximum absolute atomic E-state index is 11.4. The van der Waals surface area contributed by atoms with Gasteiger partial charge in [0.05, 0.1) is 18.8 Å². The SMILES string of the molecule is CCOC(=O)C1=CC[C@@H](OC(C)(C)O)C(O)C1. The third-order valence-corrected chi connectivity index (χ3v) is 2.43. The van der Waals surface area contributed by atoms with Gasteiger partial charge in [0.2, 0.25) is 0 Å². The van der Waals surface area contributed by atoms with Crippen molar-refractivity contribution in [1.29, 1.82) is 0 Å². The van der Waals surface area contributed by atoms with Gasteiger partial charge in [-0.3, -0.25) is 0 Å². The molecule has 0 radical (unpaired) electrons. The molecule has 0 saturated heterocycles. The van der Waals surface area contributed by atoms with Crippen LogP contribution in [0.5, 0.6) is 0 Å². The Morgan fingerprint density at radius 2 is 2.24 bits per heavy atom. The second kappa shape index (κ2) is 5.62. The number of rotatable bonds is 4. The quantitative estimate of drug-likeness (QED) is 0.563. The molecule has 17 heavy (non-hydrogen) atoms. The van der Waals surface area contributed by atoms with Crippen LogP contribution in [0.3, 0.4) is 0 Å². The van der Waals surface area contributed by atoms with Gasteiger partial charge in [-0.2, -0.15) is 0 Å². The standard InChI is InChI=1S/C12H20O5/c1-4-16-11(14)8-5-6-10(9(13)7-8)17-12(2,3)15/h5,9-10,13,15H,4,6-7H2,1-3H3/t9?,10-/m1/s1. The number of hydrogen-bond acceptors (Lipinski definition) is 5. The summed E-state index contributed by atoms with van der Waals surface area (Å²) in [6.07, 6.45) is 0.985. The first-order valence-corrected chi connectivity index (χ1v) is 5.78. The Bertz CT molecular complexity index is 303. The van der Waals surface area contributed by atoms with Crippen molar-refractivity contribution in [1.82, 2.24) is 0 Å². The van der Waals surface area contributed by atoms with Crippen molar-refractivity contribution >= 4 is 5.97 Å². The third-order valence-electron chi connectivity index (χ3n) is 2.43. The Kier molecular flexibility index (Phi) is 4.68. The molecule has 0 aromatic heterocycles. The van der Waals surface area contributed by atoms with Gasteiger partial charge in [0.1, 0.15) is 0 Å². The summed E-state index contributed by atoms with van der Waals surface area (Å²) in [5, 5.41) is 19.3. The highest BCUT2D eigenvalue weighted by atomic mass is 16.6. The fourth-order valence-electron chi connectivity index (χ4n) is 1.74. The Hall–Kier alpha value is -0.910. The van der Waals surface area contributed by atoms with Crippen LogP contribution < -0.4 is 0 Å². The first-order chi connectivity index (χ1) is 7.83. The molecule has 1 unspecified atom stereocenters. The van der Waals surface area contributed by atoms with Crippen LogP contribution in [0.1, 0.15) is 33.6 Å². The normalized spacial score (nSPS) is 25.4. The van der Waals surface area contributed by atoms with Crippen molar-refractivity contribution in [2.45, 2.75) is 51.6 Å². The molecule has 0 amide bonds. The predicted molar refractivity (Wildman–Crippen MR) is 61.1 cm³/mol. The molecule has 0 saturated carbocycles. The maximum Gasteiger partial charge on any atom is 0.333 e. The Labute approximate surface area is 101 Å². The van der Waals surface area contributed by atoms with Gasteiger partial charge in [0.15, 0.2) is 5.79 Å². The van der Waals surface area contributed by atoms with Gasteiger partial charge < -0.3 is 19.7 Å². The highest BCUT2D eigenvalue weighted by Gasteiger charge is 2.31. The highest BCUT2D eigenvalue weighted by Crippen LogP contribution is 2.25. The van der Waals surface area contributed by atoms with Crippen LogP contribution >= 0.6 is 0 Å². The summed E-state index contributed by atoms with van der Waals surface area (Å²) in [6.45, 7) is 5.06. The van der Waals surface area contributed by atoms with Crippen molar-refractivity contribution in [2.75, 3.05) is 6.61 Å². The number of aliphatic hydroxyl groups is 2. The Morgan fingerprint density at radius 1 is 1.59 bits per heavy atom. The smallest absolute Gasteiger partial charge is 0.333 e. The number of hydrogen-bond donors (Lipinski definition) is 2. The molecule has 0 fully saturated rings. The fraction of sp³-hybridized carbons (Fsp3) is 0.750. The summed E-state index contributed by atoms with van der Waals surface area (Å²) in [5.74, 6) is -1.69. The zero-order valence-corrected chi connectivity index (χ0v) is 10.5. The second-order valence-corrected chi connectivity index (χ2v) is 4.56. The number of carbonyl (C=O) groups excluding carboxylic acids is 1. The summed E-state index contributed by atoms with van der Waals surface area (Å²) < 4.78 is 10.1. The molecular weight excluding hydrogens is 224 g/mol. The molecule has 0 spiro atoms. The van der Waals surface area contributed by atoms with Crippen LogP contribution in [0.4, 0.5) is 0 Å². The van der Waals surface area contributed by atoms with E-state index >= 15 is 0 Å². The van der Waals surface area contributed by atoms with Gasteiger partial charge in [0, 0.05) is 12.0 Å². The summed E-state index contributed by atoms with van der Waals surface area (Å²) in [6, 6.07) is 0. The van der Waals surface area contributed by atoms with Crippen LogP contribution in [-0.2, 0) is 14.3 Å². The van der Waals surface area contributed by atoms with Gasteiger partial charge in [-0.25, -0.2) is 4.79 Å². The number of carbonyl (C=O) groups is 1. The van der Waals surface area contributed by atoms with Gasteiger partial charge >= 0.3 is 5.97 Å². The van der Waals surface area contributed by atoms with Crippen LogP contribution in [0.2, 0.25) is 0 Å². The molecular formula is C12H20O5. The average molecular weight is 244 g/mol. The fourth-order valence-corrected chi connectivity index (χ4v) is 1.74. The van der Waals surface area contributed by atoms with E-state index in [1.54, 1.807) is 13.0 Å². The summed E-state index contributed by atoms with van der Waals surface area (Å²) >= 11 is 0. The molecule has 2 atom stereocenters. The van der Waals surface area contributed by atoms with Crippen molar-refractivity contribution < 1.29 is 24.5 Å². The van der Waals surface area contributed by atoms with Crippen molar-refractivity contribution in [3.63, 3.8) is 0 Å². The van der Waals surface area contributed by atoms with Gasteiger partial charge in [-0.15, -0.1) is 0 Å². The van der Waals surface area contributed by atoms with Crippen LogP contribution in [0.15, 0.2) is 11.6 Å².